The first-order valence-corrected chi connectivity index (χ1v) is 7.29. The van der Waals surface area contributed by atoms with Gasteiger partial charge in [0.15, 0.2) is 0 Å². The van der Waals surface area contributed by atoms with Crippen LogP contribution in [0.2, 0.25) is 0 Å². The molecule has 6 heteroatoms. The minimum Gasteiger partial charge on any atom is -0.384 e. The van der Waals surface area contributed by atoms with Crippen LogP contribution in [0.5, 0.6) is 0 Å². The SMILES string of the molecule is COC[C@@H]1CN(c2ccncc2C#N)C[C@H]1c1cnn(C)c1. The molecule has 3 heterocycles. The molecule has 22 heavy (non-hydrogen) atoms. The van der Waals surface area contributed by atoms with E-state index in [2.05, 4.69) is 27.2 Å². The summed E-state index contributed by atoms with van der Waals surface area (Å²) in [6.45, 7) is 2.42. The van der Waals surface area contributed by atoms with Crippen molar-refractivity contribution in [2.24, 2.45) is 13.0 Å². The number of hydrogen-bond donors (Lipinski definition) is 0. The molecule has 0 radical (unpaired) electrons. The van der Waals surface area contributed by atoms with Crippen molar-refractivity contribution in [3.63, 3.8) is 0 Å². The van der Waals surface area contributed by atoms with Gasteiger partial charge in [0.1, 0.15) is 6.07 Å². The monoisotopic (exact) mass is 297 g/mol. The predicted molar refractivity (Wildman–Crippen MR) is 82.5 cm³/mol. The Morgan fingerprint density at radius 2 is 2.27 bits per heavy atom. The number of aromatic nitrogens is 3. The van der Waals surface area contributed by atoms with E-state index < -0.39 is 0 Å². The van der Waals surface area contributed by atoms with E-state index in [1.165, 1.54) is 5.56 Å². The van der Waals surface area contributed by atoms with Crippen LogP contribution in [0.15, 0.2) is 30.9 Å². The maximum Gasteiger partial charge on any atom is 0.103 e. The van der Waals surface area contributed by atoms with E-state index in [4.69, 9.17) is 4.74 Å². The van der Waals surface area contributed by atoms with E-state index in [0.717, 1.165) is 18.8 Å². The van der Waals surface area contributed by atoms with Gasteiger partial charge in [0.2, 0.25) is 0 Å². The van der Waals surface area contributed by atoms with Gasteiger partial charge in [-0.2, -0.15) is 10.4 Å². The Morgan fingerprint density at radius 1 is 1.41 bits per heavy atom. The van der Waals surface area contributed by atoms with Crippen LogP contribution in [0.1, 0.15) is 17.0 Å². The molecule has 0 bridgehead atoms. The molecule has 0 saturated carbocycles. The van der Waals surface area contributed by atoms with E-state index >= 15 is 0 Å². The topological polar surface area (TPSA) is 67.0 Å². The van der Waals surface area contributed by atoms with Crippen molar-refractivity contribution in [2.45, 2.75) is 5.92 Å². The van der Waals surface area contributed by atoms with Gasteiger partial charge in [-0.05, 0) is 11.6 Å². The molecule has 3 rings (SSSR count). The Hall–Kier alpha value is -2.39. The predicted octanol–water partition coefficient (Wildman–Crippen LogP) is 1.55. The number of anilines is 1. The first kappa shape index (κ1) is 14.5. The summed E-state index contributed by atoms with van der Waals surface area (Å²) in [6, 6.07) is 4.14. The number of hydrogen-bond acceptors (Lipinski definition) is 5. The molecule has 1 aliphatic rings. The molecule has 6 nitrogen and oxygen atoms in total. The minimum absolute atomic E-state index is 0.355. The highest BCUT2D eigenvalue weighted by molar-refractivity contribution is 5.59. The zero-order valence-electron chi connectivity index (χ0n) is 12.8. The molecular formula is C16H19N5O. The van der Waals surface area contributed by atoms with Crippen LogP contribution in [0.4, 0.5) is 5.69 Å². The third-order valence-electron chi connectivity index (χ3n) is 4.23. The highest BCUT2D eigenvalue weighted by Crippen LogP contribution is 2.36. The first-order chi connectivity index (χ1) is 10.7. The maximum atomic E-state index is 9.28. The number of ether oxygens (including phenoxy) is 1. The van der Waals surface area contributed by atoms with Crippen molar-refractivity contribution in [1.29, 1.82) is 5.26 Å². The Balaban J connectivity index is 1.89. The van der Waals surface area contributed by atoms with E-state index in [9.17, 15) is 5.26 Å². The molecule has 2 aromatic rings. The smallest absolute Gasteiger partial charge is 0.103 e. The van der Waals surface area contributed by atoms with Gasteiger partial charge in [-0.3, -0.25) is 9.67 Å². The summed E-state index contributed by atoms with van der Waals surface area (Å²) in [5.74, 6) is 0.738. The van der Waals surface area contributed by atoms with E-state index in [0.29, 0.717) is 24.0 Å². The Labute approximate surface area is 129 Å². The minimum atomic E-state index is 0.355. The van der Waals surface area contributed by atoms with Crippen LogP contribution in [-0.2, 0) is 11.8 Å². The standard InChI is InChI=1S/C16H19N5O/c1-20-8-13(7-19-20)15-10-21(9-14(15)11-22-2)16-3-4-18-6-12(16)5-17/h3-4,6-8,14-15H,9-11H2,1-2H3/t14-,15-/m0/s1. The quantitative estimate of drug-likeness (QED) is 0.856. The van der Waals surface area contributed by atoms with Gasteiger partial charge in [-0.15, -0.1) is 0 Å². The lowest BCUT2D eigenvalue weighted by Gasteiger charge is -2.19. The van der Waals surface area contributed by atoms with Gasteiger partial charge < -0.3 is 9.64 Å². The number of nitriles is 1. The fourth-order valence-corrected chi connectivity index (χ4v) is 3.21. The average molecular weight is 297 g/mol. The van der Waals surface area contributed by atoms with Crippen LogP contribution < -0.4 is 4.90 Å². The molecule has 1 aliphatic heterocycles. The second-order valence-corrected chi connectivity index (χ2v) is 5.68. The van der Waals surface area contributed by atoms with E-state index in [1.807, 2.05) is 24.0 Å². The van der Waals surface area contributed by atoms with Gasteiger partial charge in [0.05, 0.1) is 24.1 Å². The average Bonchev–Trinajstić information content (AvgIpc) is 3.14. The molecule has 0 aromatic carbocycles. The zero-order chi connectivity index (χ0) is 15.5. The summed E-state index contributed by atoms with van der Waals surface area (Å²) in [5, 5.41) is 13.6. The molecule has 0 aliphatic carbocycles. The van der Waals surface area contributed by atoms with Crippen molar-refractivity contribution in [3.05, 3.63) is 42.0 Å². The zero-order valence-corrected chi connectivity index (χ0v) is 12.8. The summed E-state index contributed by atoms with van der Waals surface area (Å²) in [6.07, 6.45) is 7.35. The molecule has 0 N–H and O–H groups in total. The number of aryl methyl sites for hydroxylation is 1. The van der Waals surface area contributed by atoms with E-state index in [-0.39, 0.29) is 0 Å². The van der Waals surface area contributed by atoms with Crippen LogP contribution in [0.3, 0.4) is 0 Å². The highest BCUT2D eigenvalue weighted by atomic mass is 16.5. The van der Waals surface area contributed by atoms with Crippen LogP contribution >= 0.6 is 0 Å². The summed E-state index contributed by atoms with van der Waals surface area (Å²) in [4.78, 5) is 6.29. The molecule has 0 unspecified atom stereocenters. The lowest BCUT2D eigenvalue weighted by molar-refractivity contribution is 0.153. The molecule has 0 amide bonds. The van der Waals surface area contributed by atoms with Crippen molar-refractivity contribution in [2.75, 3.05) is 31.7 Å². The molecule has 1 fully saturated rings. The fraction of sp³-hybridized carbons (Fsp3) is 0.438. The van der Waals surface area contributed by atoms with Crippen molar-refractivity contribution >= 4 is 5.69 Å². The van der Waals surface area contributed by atoms with E-state index in [1.54, 1.807) is 19.5 Å². The van der Waals surface area contributed by atoms with Crippen LogP contribution in [-0.4, -0.2) is 41.6 Å². The van der Waals surface area contributed by atoms with Crippen molar-refractivity contribution < 1.29 is 4.74 Å². The van der Waals surface area contributed by atoms with Gasteiger partial charge in [-0.25, -0.2) is 0 Å². The van der Waals surface area contributed by atoms with Crippen LogP contribution in [0.25, 0.3) is 0 Å². The number of rotatable bonds is 4. The second kappa shape index (κ2) is 6.16. The van der Waals surface area contributed by atoms with Gasteiger partial charge >= 0.3 is 0 Å². The normalized spacial score (nSPS) is 21.0. The molecule has 2 aromatic heterocycles. The number of pyridine rings is 1. The lowest BCUT2D eigenvalue weighted by Crippen LogP contribution is -2.21. The van der Waals surface area contributed by atoms with Crippen molar-refractivity contribution in [3.8, 4) is 6.07 Å². The summed E-state index contributed by atoms with van der Waals surface area (Å²) in [5.41, 5.74) is 2.79. The molecule has 2 atom stereocenters. The third-order valence-corrected chi connectivity index (χ3v) is 4.23. The lowest BCUT2D eigenvalue weighted by atomic mass is 9.92. The number of methoxy groups -OCH3 is 1. The Kier molecular flexibility index (Phi) is 4.07. The third kappa shape index (κ3) is 2.68. The second-order valence-electron chi connectivity index (χ2n) is 5.68. The van der Waals surface area contributed by atoms with Gasteiger partial charge in [0, 0.05) is 57.7 Å². The molecular weight excluding hydrogens is 278 g/mol. The van der Waals surface area contributed by atoms with Crippen molar-refractivity contribution in [1.82, 2.24) is 14.8 Å². The number of nitrogens with zero attached hydrogens (tertiary/aromatic N) is 5. The molecule has 1 saturated heterocycles. The fourth-order valence-electron chi connectivity index (χ4n) is 3.21. The summed E-state index contributed by atoms with van der Waals surface area (Å²) < 4.78 is 7.22. The molecule has 0 spiro atoms. The van der Waals surface area contributed by atoms with Gasteiger partial charge in [0.25, 0.3) is 0 Å². The van der Waals surface area contributed by atoms with Gasteiger partial charge in [-0.1, -0.05) is 0 Å². The van der Waals surface area contributed by atoms with Crippen LogP contribution in [0, 0.1) is 17.2 Å². The Morgan fingerprint density at radius 3 is 2.95 bits per heavy atom. The maximum absolute atomic E-state index is 9.28. The summed E-state index contributed by atoms with van der Waals surface area (Å²) in [7, 11) is 3.66. The largest absolute Gasteiger partial charge is 0.384 e. The summed E-state index contributed by atoms with van der Waals surface area (Å²) >= 11 is 0. The molecule has 114 valence electrons. The first-order valence-electron chi connectivity index (χ1n) is 7.29. The Bertz CT molecular complexity index is 690. The highest BCUT2D eigenvalue weighted by Gasteiger charge is 2.35.